The van der Waals surface area contributed by atoms with Crippen molar-refractivity contribution in [2.75, 3.05) is 27.3 Å². The van der Waals surface area contributed by atoms with E-state index < -0.39 is 0 Å². The zero-order chi connectivity index (χ0) is 12.3. The van der Waals surface area contributed by atoms with Gasteiger partial charge in [-0.25, -0.2) is 0 Å². The molecule has 1 saturated heterocycles. The topological polar surface area (TPSA) is 30.5 Å². The fourth-order valence-corrected chi connectivity index (χ4v) is 2.70. The second-order valence-electron chi connectivity index (χ2n) is 4.53. The van der Waals surface area contributed by atoms with E-state index in [0.717, 1.165) is 24.6 Å². The van der Waals surface area contributed by atoms with Gasteiger partial charge in [-0.3, -0.25) is 0 Å². The van der Waals surface area contributed by atoms with Crippen LogP contribution in [0.25, 0.3) is 0 Å². The van der Waals surface area contributed by atoms with Crippen LogP contribution in [0.4, 0.5) is 0 Å². The van der Waals surface area contributed by atoms with Gasteiger partial charge in [0.25, 0.3) is 0 Å². The molecule has 0 aromatic heterocycles. The van der Waals surface area contributed by atoms with Gasteiger partial charge in [0.15, 0.2) is 0 Å². The number of methoxy groups -OCH3 is 2. The van der Waals surface area contributed by atoms with Crippen molar-refractivity contribution in [3.05, 3.63) is 23.3 Å². The average Bonchev–Trinajstić information content (AvgIpc) is 2.39. The Morgan fingerprint density at radius 1 is 1.06 bits per heavy atom. The van der Waals surface area contributed by atoms with Crippen molar-refractivity contribution in [3.63, 3.8) is 0 Å². The second-order valence-corrected chi connectivity index (χ2v) is 4.53. The molecule has 1 aromatic rings. The summed E-state index contributed by atoms with van der Waals surface area (Å²) in [4.78, 5) is 0. The molecule has 17 heavy (non-hydrogen) atoms. The Morgan fingerprint density at radius 3 is 2.24 bits per heavy atom. The number of hydrogen-bond donors (Lipinski definition) is 1. The fraction of sp³-hybridized carbons (Fsp3) is 0.571. The Morgan fingerprint density at radius 2 is 1.65 bits per heavy atom. The Balaban J connectivity index is 2.40. The minimum Gasteiger partial charge on any atom is -0.496 e. The molecule has 0 spiro atoms. The molecule has 3 heteroatoms. The lowest BCUT2D eigenvalue weighted by molar-refractivity contribution is 0.380. The third-order valence-electron chi connectivity index (χ3n) is 3.61. The number of hydrogen-bond acceptors (Lipinski definition) is 3. The molecule has 2 rings (SSSR count). The van der Waals surface area contributed by atoms with Crippen molar-refractivity contribution < 1.29 is 9.47 Å². The monoisotopic (exact) mass is 235 g/mol. The standard InChI is InChI=1S/C14H21NO2/c1-10-12(16-2)4-5-13(17-3)14(10)11-6-8-15-9-7-11/h4-5,11,15H,6-9H2,1-3H3. The highest BCUT2D eigenvalue weighted by Crippen LogP contribution is 2.38. The van der Waals surface area contributed by atoms with Crippen molar-refractivity contribution in [3.8, 4) is 11.5 Å². The number of ether oxygens (including phenoxy) is 2. The summed E-state index contributed by atoms with van der Waals surface area (Å²) >= 11 is 0. The zero-order valence-corrected chi connectivity index (χ0v) is 10.9. The molecule has 1 aromatic carbocycles. The van der Waals surface area contributed by atoms with Crippen molar-refractivity contribution in [1.29, 1.82) is 0 Å². The van der Waals surface area contributed by atoms with E-state index in [4.69, 9.17) is 9.47 Å². The summed E-state index contributed by atoms with van der Waals surface area (Å²) in [5, 5.41) is 3.40. The Kier molecular flexibility index (Phi) is 3.89. The molecule has 0 saturated carbocycles. The highest BCUT2D eigenvalue weighted by molar-refractivity contribution is 5.50. The lowest BCUT2D eigenvalue weighted by Gasteiger charge is -2.26. The first-order valence-corrected chi connectivity index (χ1v) is 6.20. The summed E-state index contributed by atoms with van der Waals surface area (Å²) in [5.41, 5.74) is 2.55. The molecule has 0 amide bonds. The third-order valence-corrected chi connectivity index (χ3v) is 3.61. The van der Waals surface area contributed by atoms with E-state index in [0.29, 0.717) is 5.92 Å². The van der Waals surface area contributed by atoms with E-state index in [-0.39, 0.29) is 0 Å². The highest BCUT2D eigenvalue weighted by atomic mass is 16.5. The Bertz CT molecular complexity index is 384. The van der Waals surface area contributed by atoms with Gasteiger partial charge in [-0.1, -0.05) is 0 Å². The van der Waals surface area contributed by atoms with Gasteiger partial charge in [0.1, 0.15) is 11.5 Å². The second kappa shape index (κ2) is 5.41. The Labute approximate surface area is 103 Å². The molecule has 1 fully saturated rings. The van der Waals surface area contributed by atoms with Gasteiger partial charge >= 0.3 is 0 Å². The molecule has 0 unspecified atom stereocenters. The maximum Gasteiger partial charge on any atom is 0.122 e. The van der Waals surface area contributed by atoms with Crippen molar-refractivity contribution in [1.82, 2.24) is 5.32 Å². The van der Waals surface area contributed by atoms with Gasteiger partial charge in [0.2, 0.25) is 0 Å². The predicted octanol–water partition coefficient (Wildman–Crippen LogP) is 2.48. The minimum atomic E-state index is 0.585. The summed E-state index contributed by atoms with van der Waals surface area (Å²) in [6.07, 6.45) is 2.34. The van der Waals surface area contributed by atoms with E-state index in [9.17, 15) is 0 Å². The van der Waals surface area contributed by atoms with E-state index in [1.165, 1.54) is 24.0 Å². The molecule has 1 heterocycles. The van der Waals surface area contributed by atoms with Gasteiger partial charge in [-0.05, 0) is 56.5 Å². The van der Waals surface area contributed by atoms with E-state index in [2.05, 4.69) is 12.2 Å². The van der Waals surface area contributed by atoms with Gasteiger partial charge in [-0.2, -0.15) is 0 Å². The molecule has 3 nitrogen and oxygen atoms in total. The lowest BCUT2D eigenvalue weighted by Crippen LogP contribution is -2.27. The lowest BCUT2D eigenvalue weighted by atomic mass is 9.86. The van der Waals surface area contributed by atoms with Crippen molar-refractivity contribution >= 4 is 0 Å². The summed E-state index contributed by atoms with van der Waals surface area (Å²) < 4.78 is 10.9. The van der Waals surface area contributed by atoms with Crippen LogP contribution in [0.1, 0.15) is 29.9 Å². The molecule has 0 aliphatic carbocycles. The molecule has 0 atom stereocenters. The molecular weight excluding hydrogens is 214 g/mol. The van der Waals surface area contributed by atoms with E-state index >= 15 is 0 Å². The summed E-state index contributed by atoms with van der Waals surface area (Å²) in [5.74, 6) is 2.54. The summed E-state index contributed by atoms with van der Waals surface area (Å²) in [6.45, 7) is 4.30. The first kappa shape index (κ1) is 12.2. The molecule has 1 aliphatic heterocycles. The van der Waals surface area contributed by atoms with Crippen LogP contribution < -0.4 is 14.8 Å². The average molecular weight is 235 g/mol. The van der Waals surface area contributed by atoms with Crippen LogP contribution in [0, 0.1) is 6.92 Å². The third kappa shape index (κ3) is 2.39. The van der Waals surface area contributed by atoms with E-state index in [1.54, 1.807) is 14.2 Å². The maximum atomic E-state index is 5.50. The normalized spacial score (nSPS) is 16.9. The summed E-state index contributed by atoms with van der Waals surface area (Å²) in [7, 11) is 3.47. The van der Waals surface area contributed by atoms with E-state index in [1.807, 2.05) is 12.1 Å². The SMILES string of the molecule is COc1ccc(OC)c(C2CCNCC2)c1C. The smallest absolute Gasteiger partial charge is 0.122 e. The maximum absolute atomic E-state index is 5.50. The van der Waals surface area contributed by atoms with Crippen LogP contribution >= 0.6 is 0 Å². The minimum absolute atomic E-state index is 0.585. The van der Waals surface area contributed by atoms with Gasteiger partial charge < -0.3 is 14.8 Å². The van der Waals surface area contributed by atoms with Crippen LogP contribution in [-0.2, 0) is 0 Å². The first-order valence-electron chi connectivity index (χ1n) is 6.20. The molecule has 1 aliphatic rings. The summed E-state index contributed by atoms with van der Waals surface area (Å²) in [6, 6.07) is 4.00. The largest absolute Gasteiger partial charge is 0.496 e. The van der Waals surface area contributed by atoms with Crippen molar-refractivity contribution in [2.45, 2.75) is 25.7 Å². The van der Waals surface area contributed by atoms with Crippen LogP contribution in [0.3, 0.4) is 0 Å². The zero-order valence-electron chi connectivity index (χ0n) is 10.9. The van der Waals surface area contributed by atoms with Gasteiger partial charge in [0, 0.05) is 5.56 Å². The molecule has 1 N–H and O–H groups in total. The first-order chi connectivity index (χ1) is 8.27. The number of piperidine rings is 1. The van der Waals surface area contributed by atoms with Gasteiger partial charge in [-0.15, -0.1) is 0 Å². The number of rotatable bonds is 3. The number of nitrogens with one attached hydrogen (secondary N) is 1. The quantitative estimate of drug-likeness (QED) is 0.873. The van der Waals surface area contributed by atoms with Crippen LogP contribution in [0.2, 0.25) is 0 Å². The van der Waals surface area contributed by atoms with Crippen molar-refractivity contribution in [2.24, 2.45) is 0 Å². The van der Waals surface area contributed by atoms with Crippen LogP contribution in [0.15, 0.2) is 12.1 Å². The Hall–Kier alpha value is -1.22. The van der Waals surface area contributed by atoms with Gasteiger partial charge in [0.05, 0.1) is 14.2 Å². The highest BCUT2D eigenvalue weighted by Gasteiger charge is 2.22. The fourth-order valence-electron chi connectivity index (χ4n) is 2.70. The van der Waals surface area contributed by atoms with Crippen LogP contribution in [-0.4, -0.2) is 27.3 Å². The predicted molar refractivity (Wildman–Crippen MR) is 69.1 cm³/mol. The van der Waals surface area contributed by atoms with Crippen LogP contribution in [0.5, 0.6) is 11.5 Å². The molecule has 0 bridgehead atoms. The number of benzene rings is 1. The molecule has 94 valence electrons. The molecule has 0 radical (unpaired) electrons. The molecular formula is C14H21NO2.